The van der Waals surface area contributed by atoms with Crippen LogP contribution in [-0.2, 0) is 0 Å². The number of hydrogen-bond acceptors (Lipinski definition) is 4. The molecule has 1 aromatic rings. The van der Waals surface area contributed by atoms with Gasteiger partial charge in [-0.2, -0.15) is 0 Å². The van der Waals surface area contributed by atoms with Crippen molar-refractivity contribution < 1.29 is 0 Å². The van der Waals surface area contributed by atoms with Crippen molar-refractivity contribution in [1.82, 2.24) is 14.9 Å². The maximum Gasteiger partial charge on any atom is 0.293 e. The second-order valence-electron chi connectivity index (χ2n) is 4.43. The lowest BCUT2D eigenvalue weighted by Gasteiger charge is -2.28. The molecule has 6 heteroatoms. The van der Waals surface area contributed by atoms with Crippen molar-refractivity contribution in [2.45, 2.75) is 19.9 Å². The lowest BCUT2D eigenvalue weighted by atomic mass is 10.3. The molecule has 0 aliphatic carbocycles. The van der Waals surface area contributed by atoms with Crippen molar-refractivity contribution in [3.8, 4) is 0 Å². The largest absolute Gasteiger partial charge is 0.349 e. The molecule has 2 heterocycles. The third kappa shape index (κ3) is 2.61. The van der Waals surface area contributed by atoms with Gasteiger partial charge in [-0.1, -0.05) is 11.6 Å². The highest BCUT2D eigenvalue weighted by molar-refractivity contribution is 6.29. The number of hydrogen-bond donors (Lipinski definition) is 1. The number of rotatable bonds is 2. The molecule has 5 nitrogen and oxygen atoms in total. The summed E-state index contributed by atoms with van der Waals surface area (Å²) in [5.74, 6) is 0.465. The summed E-state index contributed by atoms with van der Waals surface area (Å²) in [5.41, 5.74) is -0.0636. The van der Waals surface area contributed by atoms with E-state index in [1.165, 1.54) is 0 Å². The van der Waals surface area contributed by atoms with Crippen LogP contribution < -0.4 is 15.8 Å². The maximum absolute atomic E-state index is 12.2. The van der Waals surface area contributed by atoms with Crippen LogP contribution in [0.3, 0.4) is 0 Å². The van der Waals surface area contributed by atoms with Gasteiger partial charge in [0, 0.05) is 38.4 Å². The Labute approximate surface area is 105 Å². The van der Waals surface area contributed by atoms with Crippen molar-refractivity contribution in [3.05, 3.63) is 21.7 Å². The Hall–Kier alpha value is -1.07. The molecular weight excluding hydrogens is 240 g/mol. The van der Waals surface area contributed by atoms with E-state index in [0.29, 0.717) is 11.0 Å². The molecule has 0 saturated carbocycles. The number of anilines is 1. The molecule has 17 heavy (non-hydrogen) atoms. The average Bonchev–Trinajstić information content (AvgIpc) is 2.32. The fraction of sp³-hybridized carbons (Fsp3) is 0.636. The van der Waals surface area contributed by atoms with Crippen LogP contribution in [0.15, 0.2) is 11.0 Å². The normalized spacial score (nSPS) is 16.6. The van der Waals surface area contributed by atoms with E-state index in [4.69, 9.17) is 11.6 Å². The molecule has 1 aliphatic rings. The molecular formula is C11H17ClN4O. The Balaban J connectivity index is 2.42. The molecule has 0 spiro atoms. The first-order chi connectivity index (χ1) is 8.09. The van der Waals surface area contributed by atoms with Gasteiger partial charge in [0.2, 0.25) is 0 Å². The van der Waals surface area contributed by atoms with E-state index < -0.39 is 0 Å². The molecule has 1 saturated heterocycles. The molecule has 1 aromatic heterocycles. The Morgan fingerprint density at radius 3 is 2.65 bits per heavy atom. The fourth-order valence-electron chi connectivity index (χ4n) is 1.93. The van der Waals surface area contributed by atoms with Gasteiger partial charge in [-0.05, 0) is 13.8 Å². The van der Waals surface area contributed by atoms with Gasteiger partial charge in [-0.15, -0.1) is 0 Å². The maximum atomic E-state index is 12.2. The molecule has 1 aliphatic heterocycles. The van der Waals surface area contributed by atoms with E-state index in [1.807, 2.05) is 18.7 Å². The highest BCUT2D eigenvalue weighted by Crippen LogP contribution is 2.13. The fourth-order valence-corrected chi connectivity index (χ4v) is 2.12. The predicted octanol–water partition coefficient (Wildman–Crippen LogP) is 0.887. The minimum Gasteiger partial charge on any atom is -0.349 e. The summed E-state index contributed by atoms with van der Waals surface area (Å²) in [4.78, 5) is 18.4. The van der Waals surface area contributed by atoms with E-state index in [0.717, 1.165) is 26.2 Å². The number of aromatic nitrogens is 2. The SMILES string of the molecule is CC(C)n1cc(Cl)nc(N2CCNCC2)c1=O. The Morgan fingerprint density at radius 2 is 2.06 bits per heavy atom. The molecule has 2 rings (SSSR count). The first kappa shape index (κ1) is 12.4. The zero-order valence-corrected chi connectivity index (χ0v) is 10.9. The van der Waals surface area contributed by atoms with Gasteiger partial charge in [0.15, 0.2) is 5.82 Å². The molecule has 1 N–H and O–H groups in total. The summed E-state index contributed by atoms with van der Waals surface area (Å²) in [6, 6.07) is 0.0877. The Morgan fingerprint density at radius 1 is 1.41 bits per heavy atom. The number of piperazine rings is 1. The molecule has 0 unspecified atom stereocenters. The highest BCUT2D eigenvalue weighted by atomic mass is 35.5. The summed E-state index contributed by atoms with van der Waals surface area (Å²) in [6.45, 7) is 7.24. The van der Waals surface area contributed by atoms with Gasteiger partial charge < -0.3 is 14.8 Å². The predicted molar refractivity (Wildman–Crippen MR) is 69.0 cm³/mol. The standard InChI is InChI=1S/C11H17ClN4O/c1-8(2)16-7-9(12)14-10(11(16)17)15-5-3-13-4-6-15/h7-8,13H,3-6H2,1-2H3. The third-order valence-electron chi connectivity index (χ3n) is 2.86. The first-order valence-corrected chi connectivity index (χ1v) is 6.21. The van der Waals surface area contributed by atoms with Gasteiger partial charge in [0.05, 0.1) is 0 Å². The summed E-state index contributed by atoms with van der Waals surface area (Å²) in [6.07, 6.45) is 1.60. The van der Waals surface area contributed by atoms with Crippen LogP contribution in [-0.4, -0.2) is 35.7 Å². The van der Waals surface area contributed by atoms with Crippen molar-refractivity contribution in [2.75, 3.05) is 31.1 Å². The number of nitrogens with one attached hydrogen (secondary N) is 1. The second-order valence-corrected chi connectivity index (χ2v) is 4.82. The third-order valence-corrected chi connectivity index (χ3v) is 3.04. The minimum atomic E-state index is -0.0636. The zero-order valence-electron chi connectivity index (χ0n) is 10.1. The number of halogens is 1. The van der Waals surface area contributed by atoms with Gasteiger partial charge in [0.25, 0.3) is 5.56 Å². The van der Waals surface area contributed by atoms with E-state index in [9.17, 15) is 4.79 Å². The molecule has 0 bridgehead atoms. The van der Waals surface area contributed by atoms with Crippen LogP contribution in [0.1, 0.15) is 19.9 Å². The first-order valence-electron chi connectivity index (χ1n) is 5.84. The van der Waals surface area contributed by atoms with Crippen molar-refractivity contribution in [2.24, 2.45) is 0 Å². The quantitative estimate of drug-likeness (QED) is 0.854. The molecule has 1 fully saturated rings. The molecule has 0 amide bonds. The van der Waals surface area contributed by atoms with E-state index >= 15 is 0 Å². The summed E-state index contributed by atoms with van der Waals surface area (Å²) in [7, 11) is 0. The van der Waals surface area contributed by atoms with Crippen LogP contribution in [0, 0.1) is 0 Å². The molecule has 0 atom stereocenters. The van der Waals surface area contributed by atoms with Crippen LogP contribution in [0.2, 0.25) is 5.15 Å². The van der Waals surface area contributed by atoms with Crippen molar-refractivity contribution >= 4 is 17.4 Å². The van der Waals surface area contributed by atoms with E-state index in [1.54, 1.807) is 10.8 Å². The molecule has 94 valence electrons. The Bertz CT molecular complexity index is 451. The van der Waals surface area contributed by atoms with Crippen LogP contribution >= 0.6 is 11.6 Å². The lowest BCUT2D eigenvalue weighted by Crippen LogP contribution is -2.46. The van der Waals surface area contributed by atoms with Crippen LogP contribution in [0.5, 0.6) is 0 Å². The topological polar surface area (TPSA) is 50.2 Å². The van der Waals surface area contributed by atoms with Crippen LogP contribution in [0.4, 0.5) is 5.82 Å². The molecule has 0 aromatic carbocycles. The average molecular weight is 257 g/mol. The highest BCUT2D eigenvalue weighted by Gasteiger charge is 2.18. The molecule has 0 radical (unpaired) electrons. The Kier molecular flexibility index (Phi) is 3.69. The van der Waals surface area contributed by atoms with E-state index in [-0.39, 0.29) is 11.6 Å². The van der Waals surface area contributed by atoms with Gasteiger partial charge in [0.1, 0.15) is 5.15 Å². The summed E-state index contributed by atoms with van der Waals surface area (Å²) < 4.78 is 1.63. The number of nitrogens with zero attached hydrogens (tertiary/aromatic N) is 3. The summed E-state index contributed by atoms with van der Waals surface area (Å²) >= 11 is 5.97. The summed E-state index contributed by atoms with van der Waals surface area (Å²) in [5, 5.41) is 3.61. The monoisotopic (exact) mass is 256 g/mol. The smallest absolute Gasteiger partial charge is 0.293 e. The van der Waals surface area contributed by atoms with Gasteiger partial charge >= 0.3 is 0 Å². The van der Waals surface area contributed by atoms with Gasteiger partial charge in [-0.3, -0.25) is 4.79 Å². The zero-order chi connectivity index (χ0) is 12.4. The van der Waals surface area contributed by atoms with Crippen LogP contribution in [0.25, 0.3) is 0 Å². The lowest BCUT2D eigenvalue weighted by molar-refractivity contribution is 0.554. The minimum absolute atomic E-state index is 0.0636. The van der Waals surface area contributed by atoms with E-state index in [2.05, 4.69) is 10.3 Å². The van der Waals surface area contributed by atoms with Gasteiger partial charge in [-0.25, -0.2) is 4.98 Å². The second kappa shape index (κ2) is 5.06. The van der Waals surface area contributed by atoms with Crippen molar-refractivity contribution in [1.29, 1.82) is 0 Å². The van der Waals surface area contributed by atoms with Crippen molar-refractivity contribution in [3.63, 3.8) is 0 Å².